The van der Waals surface area contributed by atoms with E-state index < -0.39 is 14.8 Å². The Morgan fingerprint density at radius 2 is 1.71 bits per heavy atom. The molecule has 1 N–H and O–H groups in total. The van der Waals surface area contributed by atoms with E-state index in [0.717, 1.165) is 0 Å². The van der Waals surface area contributed by atoms with E-state index in [-0.39, 0.29) is 12.0 Å². The Balaban J connectivity index is 4.54. The fraction of sp³-hybridized carbons (Fsp3) is 1.00. The number of nitrogens with one attached hydrogen (secondary N) is 1. The fourth-order valence-corrected chi connectivity index (χ4v) is 2.01. The molecular formula is C9H20ClNO2S. The zero-order valence-corrected chi connectivity index (χ0v) is 11.0. The van der Waals surface area contributed by atoms with Gasteiger partial charge in [-0.05, 0) is 33.6 Å². The predicted octanol–water partition coefficient (Wildman–Crippen LogP) is 1.97. The quantitative estimate of drug-likeness (QED) is 0.765. The predicted molar refractivity (Wildman–Crippen MR) is 61.2 cm³/mol. The normalized spacial score (nSPS) is 17.9. The van der Waals surface area contributed by atoms with E-state index in [1.807, 2.05) is 13.8 Å². The van der Waals surface area contributed by atoms with Crippen LogP contribution in [0.15, 0.2) is 0 Å². The van der Waals surface area contributed by atoms with Gasteiger partial charge in [0.05, 0.1) is 4.75 Å². The summed E-state index contributed by atoms with van der Waals surface area (Å²) in [5.41, 5.74) is 0. The highest BCUT2D eigenvalue weighted by Crippen LogP contribution is 2.15. The molecule has 0 aromatic rings. The van der Waals surface area contributed by atoms with Crippen LogP contribution in [0.2, 0.25) is 0 Å². The van der Waals surface area contributed by atoms with Crippen LogP contribution in [0.5, 0.6) is 0 Å². The number of halogens is 1. The number of rotatable bonds is 4. The second-order valence-electron chi connectivity index (χ2n) is 4.65. The largest absolute Gasteiger partial charge is 0.216 e. The molecule has 14 heavy (non-hydrogen) atoms. The summed E-state index contributed by atoms with van der Waals surface area (Å²) in [4.78, 5) is 0. The minimum atomic E-state index is -3.26. The van der Waals surface area contributed by atoms with Gasteiger partial charge in [-0.3, -0.25) is 0 Å². The third kappa shape index (κ3) is 3.75. The molecule has 86 valence electrons. The number of alkyl halides is 1. The van der Waals surface area contributed by atoms with Crippen LogP contribution in [0.3, 0.4) is 0 Å². The zero-order chi connectivity index (χ0) is 11.6. The van der Waals surface area contributed by atoms with Crippen molar-refractivity contribution in [3.8, 4) is 0 Å². The molecule has 0 amide bonds. The van der Waals surface area contributed by atoms with Crippen LogP contribution in [0.1, 0.15) is 34.6 Å². The van der Waals surface area contributed by atoms with E-state index in [1.54, 1.807) is 20.8 Å². The van der Waals surface area contributed by atoms with Crippen LogP contribution in [-0.2, 0) is 10.0 Å². The highest BCUT2D eigenvalue weighted by Gasteiger charge is 2.31. The Labute approximate surface area is 92.3 Å². The molecule has 0 radical (unpaired) electrons. The number of hydrogen-bond donors (Lipinski definition) is 1. The molecule has 0 aromatic heterocycles. The zero-order valence-electron chi connectivity index (χ0n) is 9.46. The van der Waals surface area contributed by atoms with E-state index in [9.17, 15) is 8.42 Å². The van der Waals surface area contributed by atoms with E-state index in [4.69, 9.17) is 11.6 Å². The highest BCUT2D eigenvalue weighted by atomic mass is 35.5. The van der Waals surface area contributed by atoms with Crippen molar-refractivity contribution in [2.75, 3.05) is 5.88 Å². The van der Waals surface area contributed by atoms with Gasteiger partial charge in [-0.15, -0.1) is 11.6 Å². The van der Waals surface area contributed by atoms with Gasteiger partial charge in [-0.25, -0.2) is 13.1 Å². The molecule has 5 heteroatoms. The molecule has 0 bridgehead atoms. The van der Waals surface area contributed by atoms with E-state index in [0.29, 0.717) is 5.88 Å². The molecule has 2 unspecified atom stereocenters. The molecule has 2 atom stereocenters. The first-order valence-corrected chi connectivity index (χ1v) is 6.71. The minimum absolute atomic E-state index is 0.128. The molecule has 0 aliphatic rings. The molecule has 0 rings (SSSR count). The lowest BCUT2D eigenvalue weighted by molar-refractivity contribution is 0.468. The van der Waals surface area contributed by atoms with Gasteiger partial charge in [0.15, 0.2) is 0 Å². The van der Waals surface area contributed by atoms with Crippen molar-refractivity contribution in [3.63, 3.8) is 0 Å². The minimum Gasteiger partial charge on any atom is -0.212 e. The third-order valence-corrected chi connectivity index (χ3v) is 5.03. The molecule has 0 aromatic carbocycles. The van der Waals surface area contributed by atoms with Crippen molar-refractivity contribution in [1.82, 2.24) is 4.72 Å². The number of hydrogen-bond acceptors (Lipinski definition) is 2. The Kier molecular flexibility index (Phi) is 4.88. The van der Waals surface area contributed by atoms with Gasteiger partial charge in [-0.1, -0.05) is 6.92 Å². The van der Waals surface area contributed by atoms with Crippen molar-refractivity contribution < 1.29 is 8.42 Å². The second kappa shape index (κ2) is 4.81. The summed E-state index contributed by atoms with van der Waals surface area (Å²) in [6, 6.07) is -0.128. The number of sulfonamides is 1. The first-order valence-electron chi connectivity index (χ1n) is 4.69. The lowest BCUT2D eigenvalue weighted by Crippen LogP contribution is -2.46. The molecule has 0 aliphatic carbocycles. The van der Waals surface area contributed by atoms with Gasteiger partial charge in [0.2, 0.25) is 10.0 Å². The second-order valence-corrected chi connectivity index (χ2v) is 7.43. The van der Waals surface area contributed by atoms with Gasteiger partial charge < -0.3 is 0 Å². The Morgan fingerprint density at radius 1 is 1.29 bits per heavy atom. The highest BCUT2D eigenvalue weighted by molar-refractivity contribution is 7.90. The molecule has 0 heterocycles. The first-order chi connectivity index (χ1) is 6.12. The Bertz CT molecular complexity index is 269. The molecule has 0 saturated heterocycles. The standard InChI is InChI=1S/C9H20ClNO2S/c1-7(6-10)8(2)11-14(12,13)9(3,4)5/h7-8,11H,6H2,1-5H3. The van der Waals surface area contributed by atoms with E-state index in [2.05, 4.69) is 4.72 Å². The summed E-state index contributed by atoms with van der Waals surface area (Å²) >= 11 is 5.66. The third-order valence-electron chi connectivity index (χ3n) is 2.24. The molecule has 0 spiro atoms. The van der Waals surface area contributed by atoms with Crippen molar-refractivity contribution in [3.05, 3.63) is 0 Å². The molecule has 3 nitrogen and oxygen atoms in total. The monoisotopic (exact) mass is 241 g/mol. The maximum absolute atomic E-state index is 11.7. The molecule has 0 fully saturated rings. The summed E-state index contributed by atoms with van der Waals surface area (Å²) in [6.45, 7) is 8.77. The van der Waals surface area contributed by atoms with E-state index in [1.165, 1.54) is 0 Å². The summed E-state index contributed by atoms with van der Waals surface area (Å²) in [6.07, 6.45) is 0. The maximum Gasteiger partial charge on any atom is 0.216 e. The SMILES string of the molecule is CC(CCl)C(C)NS(=O)(=O)C(C)(C)C. The smallest absolute Gasteiger partial charge is 0.212 e. The van der Waals surface area contributed by atoms with Crippen LogP contribution >= 0.6 is 11.6 Å². The van der Waals surface area contributed by atoms with Crippen LogP contribution in [0.25, 0.3) is 0 Å². The van der Waals surface area contributed by atoms with Crippen molar-refractivity contribution in [2.24, 2.45) is 5.92 Å². The van der Waals surface area contributed by atoms with Crippen molar-refractivity contribution in [2.45, 2.75) is 45.4 Å². The average Bonchev–Trinajstić information content (AvgIpc) is 2.00. The Morgan fingerprint density at radius 3 is 2.00 bits per heavy atom. The van der Waals surface area contributed by atoms with Crippen LogP contribution in [0.4, 0.5) is 0 Å². The van der Waals surface area contributed by atoms with Gasteiger partial charge in [0.1, 0.15) is 0 Å². The molecular weight excluding hydrogens is 222 g/mol. The molecule has 0 saturated carbocycles. The van der Waals surface area contributed by atoms with Crippen LogP contribution in [-0.4, -0.2) is 25.1 Å². The van der Waals surface area contributed by atoms with Crippen molar-refractivity contribution >= 4 is 21.6 Å². The van der Waals surface area contributed by atoms with Gasteiger partial charge in [0, 0.05) is 11.9 Å². The van der Waals surface area contributed by atoms with Crippen LogP contribution in [0, 0.1) is 5.92 Å². The van der Waals surface area contributed by atoms with E-state index >= 15 is 0 Å². The van der Waals surface area contributed by atoms with Gasteiger partial charge in [0.25, 0.3) is 0 Å². The topological polar surface area (TPSA) is 46.2 Å². The summed E-state index contributed by atoms with van der Waals surface area (Å²) < 4.78 is 25.3. The summed E-state index contributed by atoms with van der Waals surface area (Å²) in [5.74, 6) is 0.585. The summed E-state index contributed by atoms with van der Waals surface area (Å²) in [5, 5.41) is 0. The van der Waals surface area contributed by atoms with Gasteiger partial charge >= 0.3 is 0 Å². The molecule has 0 aliphatic heterocycles. The fourth-order valence-electron chi connectivity index (χ4n) is 0.671. The Hall–Kier alpha value is 0.200. The van der Waals surface area contributed by atoms with Crippen molar-refractivity contribution in [1.29, 1.82) is 0 Å². The van der Waals surface area contributed by atoms with Crippen LogP contribution < -0.4 is 4.72 Å². The average molecular weight is 242 g/mol. The van der Waals surface area contributed by atoms with Gasteiger partial charge in [-0.2, -0.15) is 0 Å². The summed E-state index contributed by atoms with van der Waals surface area (Å²) in [7, 11) is -3.26. The first kappa shape index (κ1) is 14.2. The maximum atomic E-state index is 11.7. The lowest BCUT2D eigenvalue weighted by Gasteiger charge is -2.25. The lowest BCUT2D eigenvalue weighted by atomic mass is 10.1.